The average Bonchev–Trinajstić information content (AvgIpc) is 3.54. The van der Waals surface area contributed by atoms with Crippen LogP contribution in [0.25, 0.3) is 0 Å². The zero-order chi connectivity index (χ0) is 28.1. The number of rotatable bonds is 10. The summed E-state index contributed by atoms with van der Waals surface area (Å²) in [6.07, 6.45) is 4.00. The van der Waals surface area contributed by atoms with Gasteiger partial charge in [0.05, 0.1) is 5.56 Å². The van der Waals surface area contributed by atoms with Gasteiger partial charge < -0.3 is 10.2 Å². The molecule has 0 spiro atoms. The van der Waals surface area contributed by atoms with Crippen molar-refractivity contribution in [3.05, 3.63) is 102 Å². The molecule has 1 saturated carbocycles. The van der Waals surface area contributed by atoms with Crippen LogP contribution in [0.2, 0.25) is 0 Å². The van der Waals surface area contributed by atoms with Crippen molar-refractivity contribution >= 4 is 27.7 Å². The first kappa shape index (κ1) is 27.6. The molecule has 208 valence electrons. The minimum absolute atomic E-state index is 0.0495. The number of benzene rings is 3. The second-order valence-corrected chi connectivity index (χ2v) is 12.2. The molecule has 0 radical (unpaired) electrons. The number of hydrogen-bond donors (Lipinski definition) is 1. The fourth-order valence-electron chi connectivity index (χ4n) is 5.49. The fraction of sp³-hybridized carbons (Fsp3) is 0.323. The second kappa shape index (κ2) is 12.0. The molecule has 1 fully saturated rings. The van der Waals surface area contributed by atoms with Crippen molar-refractivity contribution < 1.29 is 22.8 Å². The summed E-state index contributed by atoms with van der Waals surface area (Å²) in [5, 5.41) is 3.16. The molecule has 0 saturated heterocycles. The highest BCUT2D eigenvalue weighted by Gasteiger charge is 2.41. The zero-order valence-corrected chi connectivity index (χ0v) is 23.1. The Morgan fingerprint density at radius 1 is 0.875 bits per heavy atom. The molecule has 1 aliphatic carbocycles. The van der Waals surface area contributed by atoms with Crippen molar-refractivity contribution in [2.24, 2.45) is 0 Å². The van der Waals surface area contributed by atoms with E-state index < -0.39 is 27.9 Å². The molecular weight excluding hydrogens is 526 g/mol. The van der Waals surface area contributed by atoms with Gasteiger partial charge in [-0.05, 0) is 36.1 Å². The van der Waals surface area contributed by atoms with E-state index >= 15 is 0 Å². The van der Waals surface area contributed by atoms with Crippen LogP contribution < -0.4 is 5.32 Å². The molecule has 2 aliphatic rings. The molecule has 1 aliphatic heterocycles. The van der Waals surface area contributed by atoms with Crippen molar-refractivity contribution in [3.8, 4) is 0 Å². The van der Waals surface area contributed by atoms with E-state index in [2.05, 4.69) is 5.32 Å². The van der Waals surface area contributed by atoms with E-state index in [1.165, 1.54) is 17.0 Å². The Labute approximate surface area is 235 Å². The smallest absolute Gasteiger partial charge is 0.269 e. The Kier molecular flexibility index (Phi) is 8.30. The first-order chi connectivity index (χ1) is 19.3. The van der Waals surface area contributed by atoms with E-state index in [4.69, 9.17) is 0 Å². The summed E-state index contributed by atoms with van der Waals surface area (Å²) in [4.78, 5) is 42.0. The summed E-state index contributed by atoms with van der Waals surface area (Å²) < 4.78 is 26.9. The topological polar surface area (TPSA) is 104 Å². The quantitative estimate of drug-likeness (QED) is 0.406. The number of nitrogens with one attached hydrogen (secondary N) is 1. The van der Waals surface area contributed by atoms with E-state index in [0.717, 1.165) is 41.1 Å². The molecule has 3 amide bonds. The number of sulfonamides is 1. The predicted molar refractivity (Wildman–Crippen MR) is 151 cm³/mol. The van der Waals surface area contributed by atoms with Crippen LogP contribution in [0.1, 0.15) is 53.6 Å². The molecule has 40 heavy (non-hydrogen) atoms. The molecule has 3 aromatic carbocycles. The lowest BCUT2D eigenvalue weighted by Gasteiger charge is -2.33. The van der Waals surface area contributed by atoms with E-state index in [9.17, 15) is 22.8 Å². The van der Waals surface area contributed by atoms with Crippen LogP contribution in [0.3, 0.4) is 0 Å². The lowest BCUT2D eigenvalue weighted by atomic mass is 10.0. The van der Waals surface area contributed by atoms with Crippen LogP contribution in [-0.4, -0.2) is 54.0 Å². The summed E-state index contributed by atoms with van der Waals surface area (Å²) in [6.45, 7) is -0.127. The molecule has 1 atom stereocenters. The molecule has 0 unspecified atom stereocenters. The van der Waals surface area contributed by atoms with E-state index in [0.29, 0.717) is 6.42 Å². The van der Waals surface area contributed by atoms with Gasteiger partial charge in [-0.2, -0.15) is 0 Å². The highest BCUT2D eigenvalue weighted by molar-refractivity contribution is 7.90. The highest BCUT2D eigenvalue weighted by atomic mass is 32.2. The maximum atomic E-state index is 13.9. The minimum atomic E-state index is -4.04. The highest BCUT2D eigenvalue weighted by Crippen LogP contribution is 2.30. The van der Waals surface area contributed by atoms with Gasteiger partial charge in [-0.3, -0.25) is 14.4 Å². The number of amides is 3. The Bertz CT molecular complexity index is 1470. The SMILES string of the molecule is O=C(NC1CCCC1)[C@H](Cc1ccccc1)N(Cc1ccccc1)C(=O)CCN1C(=O)c2ccccc2S1(=O)=O. The van der Waals surface area contributed by atoms with Crippen molar-refractivity contribution in [2.75, 3.05) is 6.54 Å². The number of hydrogen-bond acceptors (Lipinski definition) is 5. The van der Waals surface area contributed by atoms with Crippen LogP contribution in [0, 0.1) is 0 Å². The van der Waals surface area contributed by atoms with Gasteiger partial charge in [-0.1, -0.05) is 85.6 Å². The van der Waals surface area contributed by atoms with Gasteiger partial charge in [-0.25, -0.2) is 12.7 Å². The summed E-state index contributed by atoms with van der Waals surface area (Å²) in [5.41, 5.74) is 1.86. The summed E-state index contributed by atoms with van der Waals surface area (Å²) in [5.74, 6) is -1.26. The monoisotopic (exact) mass is 559 g/mol. The third-order valence-corrected chi connectivity index (χ3v) is 9.45. The normalized spacial score (nSPS) is 16.9. The fourth-order valence-corrected chi connectivity index (χ4v) is 7.06. The Hall–Kier alpha value is -3.98. The standard InChI is InChI=1S/C31H33N3O5S/c35-29(19-20-34-31(37)26-17-9-10-18-28(26)40(34,38)39)33(22-24-13-5-2-6-14-24)27(21-23-11-3-1-4-12-23)30(36)32-25-15-7-8-16-25/h1-6,9-14,17-18,25,27H,7-8,15-16,19-22H2,(H,32,36)/t27-/m0/s1. The number of fused-ring (bicyclic) bond motifs is 1. The van der Waals surface area contributed by atoms with Gasteiger partial charge in [0.2, 0.25) is 11.8 Å². The van der Waals surface area contributed by atoms with Crippen LogP contribution in [-0.2, 0) is 32.6 Å². The van der Waals surface area contributed by atoms with Crippen molar-refractivity contribution in [1.82, 2.24) is 14.5 Å². The second-order valence-electron chi connectivity index (χ2n) is 10.3. The van der Waals surface area contributed by atoms with Crippen molar-refractivity contribution in [2.45, 2.75) is 62.0 Å². The van der Waals surface area contributed by atoms with Crippen LogP contribution in [0.5, 0.6) is 0 Å². The summed E-state index contributed by atoms with van der Waals surface area (Å²) in [6, 6.07) is 24.3. The van der Waals surface area contributed by atoms with Crippen molar-refractivity contribution in [1.29, 1.82) is 0 Å². The molecule has 0 aromatic heterocycles. The average molecular weight is 560 g/mol. The third kappa shape index (κ3) is 5.94. The summed E-state index contributed by atoms with van der Waals surface area (Å²) >= 11 is 0. The summed E-state index contributed by atoms with van der Waals surface area (Å²) in [7, 11) is -4.04. The molecule has 5 rings (SSSR count). The molecule has 8 nitrogen and oxygen atoms in total. The lowest BCUT2D eigenvalue weighted by molar-refractivity contribution is -0.141. The number of carbonyl (C=O) groups is 3. The minimum Gasteiger partial charge on any atom is -0.352 e. The zero-order valence-electron chi connectivity index (χ0n) is 22.2. The van der Waals surface area contributed by atoms with E-state index in [-0.39, 0.29) is 41.9 Å². The number of nitrogens with zero attached hydrogens (tertiary/aromatic N) is 2. The van der Waals surface area contributed by atoms with Gasteiger partial charge >= 0.3 is 0 Å². The molecular formula is C31H33N3O5S. The van der Waals surface area contributed by atoms with Gasteiger partial charge in [0.1, 0.15) is 10.9 Å². The maximum absolute atomic E-state index is 13.9. The maximum Gasteiger partial charge on any atom is 0.269 e. The lowest BCUT2D eigenvalue weighted by Crippen LogP contribution is -2.52. The van der Waals surface area contributed by atoms with E-state index in [1.54, 1.807) is 12.1 Å². The molecule has 9 heteroatoms. The van der Waals surface area contributed by atoms with Gasteiger partial charge in [-0.15, -0.1) is 0 Å². The first-order valence-electron chi connectivity index (χ1n) is 13.7. The van der Waals surface area contributed by atoms with Gasteiger partial charge in [0.25, 0.3) is 15.9 Å². The Balaban J connectivity index is 1.41. The largest absolute Gasteiger partial charge is 0.352 e. The van der Waals surface area contributed by atoms with Crippen LogP contribution >= 0.6 is 0 Å². The molecule has 1 heterocycles. The van der Waals surface area contributed by atoms with Gasteiger partial charge in [0.15, 0.2) is 0 Å². The first-order valence-corrected chi connectivity index (χ1v) is 15.1. The third-order valence-electron chi connectivity index (χ3n) is 7.61. The van der Waals surface area contributed by atoms with E-state index in [1.807, 2.05) is 60.7 Å². The Morgan fingerprint density at radius 3 is 2.12 bits per heavy atom. The molecule has 3 aromatic rings. The molecule has 1 N–H and O–H groups in total. The van der Waals surface area contributed by atoms with Crippen LogP contribution in [0.4, 0.5) is 0 Å². The molecule has 0 bridgehead atoms. The van der Waals surface area contributed by atoms with Crippen molar-refractivity contribution in [3.63, 3.8) is 0 Å². The predicted octanol–water partition coefficient (Wildman–Crippen LogP) is 3.92. The number of carbonyl (C=O) groups excluding carboxylic acids is 3. The Morgan fingerprint density at radius 2 is 1.48 bits per heavy atom. The van der Waals surface area contributed by atoms with Gasteiger partial charge in [0, 0.05) is 32.0 Å². The van der Waals surface area contributed by atoms with Crippen LogP contribution in [0.15, 0.2) is 89.8 Å².